The maximum absolute atomic E-state index is 14.1. The fourth-order valence-corrected chi connectivity index (χ4v) is 3.69. The predicted octanol–water partition coefficient (Wildman–Crippen LogP) is 4.58. The quantitative estimate of drug-likeness (QED) is 0.466. The Hall–Kier alpha value is -3.39. The number of rotatable bonds is 6. The standard InChI is InChI=1S/C21H15F2N3O2S/c22-14-7-9-16(10-8-14)28-13-19(27)26(12-15-4-1-2-11-24-15)21-25-20-17(23)5-3-6-18(20)29-21/h1-11H,12-13H2. The van der Waals surface area contributed by atoms with Crippen molar-refractivity contribution < 1.29 is 18.3 Å². The van der Waals surface area contributed by atoms with Gasteiger partial charge in [-0.25, -0.2) is 13.8 Å². The highest BCUT2D eigenvalue weighted by molar-refractivity contribution is 7.22. The number of amides is 1. The number of halogens is 2. The van der Waals surface area contributed by atoms with Crippen molar-refractivity contribution in [1.29, 1.82) is 0 Å². The molecule has 0 aliphatic carbocycles. The van der Waals surface area contributed by atoms with Gasteiger partial charge < -0.3 is 4.74 Å². The number of aromatic nitrogens is 2. The summed E-state index contributed by atoms with van der Waals surface area (Å²) >= 11 is 1.21. The number of anilines is 1. The Labute approximate surface area is 169 Å². The molecule has 0 radical (unpaired) electrons. The van der Waals surface area contributed by atoms with Gasteiger partial charge in [-0.15, -0.1) is 0 Å². The number of nitrogens with zero attached hydrogens (tertiary/aromatic N) is 3. The van der Waals surface area contributed by atoms with E-state index in [0.29, 0.717) is 21.3 Å². The van der Waals surface area contributed by atoms with Gasteiger partial charge in [0.25, 0.3) is 5.91 Å². The lowest BCUT2D eigenvalue weighted by molar-refractivity contribution is -0.120. The Balaban J connectivity index is 1.60. The molecule has 0 fully saturated rings. The number of hydrogen-bond acceptors (Lipinski definition) is 5. The van der Waals surface area contributed by atoms with Crippen LogP contribution in [0.25, 0.3) is 10.2 Å². The van der Waals surface area contributed by atoms with Gasteiger partial charge >= 0.3 is 0 Å². The third-order valence-corrected chi connectivity index (χ3v) is 5.16. The second-order valence-corrected chi connectivity index (χ2v) is 7.14. The molecule has 4 aromatic rings. The number of carbonyl (C=O) groups is 1. The van der Waals surface area contributed by atoms with Crippen LogP contribution >= 0.6 is 11.3 Å². The van der Waals surface area contributed by atoms with Gasteiger partial charge in [0.1, 0.15) is 22.9 Å². The third kappa shape index (κ3) is 4.38. The van der Waals surface area contributed by atoms with Crippen molar-refractivity contribution in [1.82, 2.24) is 9.97 Å². The number of ether oxygens (including phenoxy) is 1. The van der Waals surface area contributed by atoms with E-state index in [1.165, 1.54) is 46.6 Å². The molecule has 0 spiro atoms. The molecule has 0 bridgehead atoms. The normalized spacial score (nSPS) is 10.8. The molecule has 2 heterocycles. The van der Waals surface area contributed by atoms with Gasteiger partial charge in [0.15, 0.2) is 11.7 Å². The zero-order valence-corrected chi connectivity index (χ0v) is 15.9. The first-order valence-corrected chi connectivity index (χ1v) is 9.55. The van der Waals surface area contributed by atoms with Gasteiger partial charge in [0, 0.05) is 6.20 Å². The number of benzene rings is 2. The SMILES string of the molecule is O=C(COc1ccc(F)cc1)N(Cc1ccccn1)c1nc2c(F)cccc2s1. The second-order valence-electron chi connectivity index (χ2n) is 6.13. The van der Waals surface area contributed by atoms with Crippen LogP contribution in [0, 0.1) is 11.6 Å². The zero-order valence-electron chi connectivity index (χ0n) is 15.1. The number of pyridine rings is 1. The topological polar surface area (TPSA) is 55.3 Å². The number of fused-ring (bicyclic) bond motifs is 1. The van der Waals surface area contributed by atoms with Gasteiger partial charge in [-0.05, 0) is 48.5 Å². The minimum atomic E-state index is -0.446. The largest absolute Gasteiger partial charge is 0.484 e. The van der Waals surface area contributed by atoms with Crippen LogP contribution in [-0.2, 0) is 11.3 Å². The van der Waals surface area contributed by atoms with E-state index in [4.69, 9.17) is 4.74 Å². The molecular weight excluding hydrogens is 396 g/mol. The molecule has 5 nitrogen and oxygen atoms in total. The van der Waals surface area contributed by atoms with E-state index in [2.05, 4.69) is 9.97 Å². The Morgan fingerprint density at radius 1 is 1.03 bits per heavy atom. The lowest BCUT2D eigenvalue weighted by Crippen LogP contribution is -2.34. The Kier molecular flexibility index (Phi) is 5.44. The summed E-state index contributed by atoms with van der Waals surface area (Å²) in [5, 5.41) is 0.350. The summed E-state index contributed by atoms with van der Waals surface area (Å²) in [6.45, 7) is -0.120. The number of thiazole rings is 1. The fourth-order valence-electron chi connectivity index (χ4n) is 2.69. The van der Waals surface area contributed by atoms with E-state index < -0.39 is 11.6 Å². The molecule has 0 aliphatic rings. The first-order chi connectivity index (χ1) is 14.1. The highest BCUT2D eigenvalue weighted by Gasteiger charge is 2.22. The molecule has 8 heteroatoms. The molecule has 1 amide bonds. The van der Waals surface area contributed by atoms with Crippen LogP contribution in [0.2, 0.25) is 0 Å². The molecule has 0 saturated carbocycles. The van der Waals surface area contributed by atoms with Gasteiger partial charge in [-0.2, -0.15) is 0 Å². The average Bonchev–Trinajstić information content (AvgIpc) is 3.17. The van der Waals surface area contributed by atoms with Crippen molar-refractivity contribution in [3.63, 3.8) is 0 Å². The molecular formula is C21H15F2N3O2S. The minimum absolute atomic E-state index is 0.161. The number of hydrogen-bond donors (Lipinski definition) is 0. The van der Waals surface area contributed by atoms with E-state index in [1.807, 2.05) is 6.07 Å². The maximum atomic E-state index is 14.1. The lowest BCUT2D eigenvalue weighted by Gasteiger charge is -2.19. The zero-order chi connectivity index (χ0) is 20.2. The van der Waals surface area contributed by atoms with Gasteiger partial charge in [-0.1, -0.05) is 23.5 Å². The van der Waals surface area contributed by atoms with Gasteiger partial charge in [0.2, 0.25) is 0 Å². The number of para-hydroxylation sites is 1. The maximum Gasteiger partial charge on any atom is 0.267 e. The van der Waals surface area contributed by atoms with Crippen molar-refractivity contribution in [2.75, 3.05) is 11.5 Å². The summed E-state index contributed by atoms with van der Waals surface area (Å²) in [5.74, 6) is -0.845. The predicted molar refractivity (Wildman–Crippen MR) is 107 cm³/mol. The van der Waals surface area contributed by atoms with Crippen molar-refractivity contribution in [3.8, 4) is 5.75 Å². The molecule has 0 N–H and O–H groups in total. The molecule has 0 unspecified atom stereocenters. The summed E-state index contributed by atoms with van der Waals surface area (Å²) < 4.78 is 33.2. The van der Waals surface area contributed by atoms with E-state index in [9.17, 15) is 13.6 Å². The molecule has 0 saturated heterocycles. The van der Waals surface area contributed by atoms with Crippen LogP contribution in [0.5, 0.6) is 5.75 Å². The Bertz CT molecular complexity index is 1130. The summed E-state index contributed by atoms with van der Waals surface area (Å²) in [7, 11) is 0. The van der Waals surface area contributed by atoms with Crippen LogP contribution < -0.4 is 9.64 Å². The van der Waals surface area contributed by atoms with Crippen molar-refractivity contribution >= 4 is 32.6 Å². The van der Waals surface area contributed by atoms with E-state index in [-0.39, 0.29) is 24.6 Å². The molecule has 2 aromatic heterocycles. The van der Waals surface area contributed by atoms with Crippen LogP contribution in [-0.4, -0.2) is 22.5 Å². The van der Waals surface area contributed by atoms with E-state index in [1.54, 1.807) is 30.5 Å². The summed E-state index contributed by atoms with van der Waals surface area (Å²) in [6.07, 6.45) is 1.63. The van der Waals surface area contributed by atoms with Gasteiger partial charge in [0.05, 0.1) is 16.9 Å². The fraction of sp³-hybridized carbons (Fsp3) is 0.0952. The summed E-state index contributed by atoms with van der Waals surface area (Å²) in [6, 6.07) is 15.4. The third-order valence-electron chi connectivity index (χ3n) is 4.11. The second kappa shape index (κ2) is 8.32. The van der Waals surface area contributed by atoms with Crippen LogP contribution in [0.3, 0.4) is 0 Å². The first-order valence-electron chi connectivity index (χ1n) is 8.74. The van der Waals surface area contributed by atoms with Crippen molar-refractivity contribution in [3.05, 3.63) is 84.2 Å². The highest BCUT2D eigenvalue weighted by atomic mass is 32.1. The number of carbonyl (C=O) groups excluding carboxylic acids is 1. The average molecular weight is 411 g/mol. The molecule has 29 heavy (non-hydrogen) atoms. The molecule has 2 aromatic carbocycles. The smallest absolute Gasteiger partial charge is 0.267 e. The highest BCUT2D eigenvalue weighted by Crippen LogP contribution is 2.31. The van der Waals surface area contributed by atoms with E-state index in [0.717, 1.165) is 0 Å². The van der Waals surface area contributed by atoms with Gasteiger partial charge in [-0.3, -0.25) is 14.7 Å². The molecule has 4 rings (SSSR count). The van der Waals surface area contributed by atoms with Crippen LogP contribution in [0.1, 0.15) is 5.69 Å². The molecule has 0 atom stereocenters. The Morgan fingerprint density at radius 3 is 2.59 bits per heavy atom. The monoisotopic (exact) mass is 411 g/mol. The van der Waals surface area contributed by atoms with Crippen molar-refractivity contribution in [2.45, 2.75) is 6.54 Å². The van der Waals surface area contributed by atoms with Crippen molar-refractivity contribution in [2.24, 2.45) is 0 Å². The summed E-state index contributed by atoms with van der Waals surface area (Å²) in [4.78, 5) is 22.9. The van der Waals surface area contributed by atoms with Crippen LogP contribution in [0.15, 0.2) is 66.9 Å². The van der Waals surface area contributed by atoms with Crippen LogP contribution in [0.4, 0.5) is 13.9 Å². The molecule has 146 valence electrons. The lowest BCUT2D eigenvalue weighted by atomic mass is 10.3. The first kappa shape index (κ1) is 18.9. The summed E-state index contributed by atoms with van der Waals surface area (Å²) in [5.41, 5.74) is 0.869. The minimum Gasteiger partial charge on any atom is -0.484 e. The van der Waals surface area contributed by atoms with E-state index >= 15 is 0 Å². The Morgan fingerprint density at radius 2 is 1.86 bits per heavy atom. The molecule has 0 aliphatic heterocycles.